The molecule has 3 N–H and O–H groups in total. The van der Waals surface area contributed by atoms with E-state index in [1.165, 1.54) is 12.1 Å². The number of nitrogens with two attached hydrogens (primary N) is 1. The van der Waals surface area contributed by atoms with Gasteiger partial charge in [-0.1, -0.05) is 30.3 Å². The summed E-state index contributed by atoms with van der Waals surface area (Å²) in [7, 11) is 0. The number of Topliss-reactive ketones (excluding diaryl/α,β-unsaturated/α-hetero) is 1. The lowest BCUT2D eigenvalue weighted by Crippen LogP contribution is -2.44. The number of ketones is 1. The molecule has 7 heteroatoms. The summed E-state index contributed by atoms with van der Waals surface area (Å²) in [5.41, 5.74) is 5.40. The fraction of sp³-hybridized carbons (Fsp3) is 0.0500. The highest BCUT2D eigenvalue weighted by atomic mass is 19.1. The molecular weight excluding hydrogens is 349 g/mol. The molecular formula is C20H10FN3O3. The number of fused-ring (bicyclic) bond motifs is 5. The summed E-state index contributed by atoms with van der Waals surface area (Å²) in [6.07, 6.45) is 0. The van der Waals surface area contributed by atoms with Gasteiger partial charge >= 0.3 is 0 Å². The number of ether oxygens (including phenoxy) is 1. The van der Waals surface area contributed by atoms with E-state index in [9.17, 15) is 19.2 Å². The number of carbonyl (C=O) groups is 2. The number of rotatable bonds is 0. The van der Waals surface area contributed by atoms with Crippen molar-refractivity contribution in [2.24, 2.45) is 5.73 Å². The van der Waals surface area contributed by atoms with Gasteiger partial charge in [0.2, 0.25) is 11.8 Å². The summed E-state index contributed by atoms with van der Waals surface area (Å²) in [6, 6.07) is 12.4. The van der Waals surface area contributed by atoms with Gasteiger partial charge in [-0.05, 0) is 12.1 Å². The van der Waals surface area contributed by atoms with Gasteiger partial charge in [0.25, 0.3) is 0 Å². The third-order valence-corrected chi connectivity index (χ3v) is 5.17. The van der Waals surface area contributed by atoms with Crippen LogP contribution in [0.3, 0.4) is 0 Å². The summed E-state index contributed by atoms with van der Waals surface area (Å²) in [5.74, 6) is -1.72. The number of halogens is 1. The Kier molecular flexibility index (Phi) is 2.74. The molecule has 1 spiro atoms. The van der Waals surface area contributed by atoms with Gasteiger partial charge in [0, 0.05) is 22.4 Å². The van der Waals surface area contributed by atoms with Crippen LogP contribution in [0.15, 0.2) is 59.5 Å². The van der Waals surface area contributed by atoms with Crippen LogP contribution < -0.4 is 11.1 Å². The molecule has 2 aromatic carbocycles. The lowest BCUT2D eigenvalue weighted by molar-refractivity contribution is -0.118. The van der Waals surface area contributed by atoms with E-state index in [4.69, 9.17) is 10.5 Å². The number of amides is 1. The second-order valence-electron chi connectivity index (χ2n) is 6.43. The van der Waals surface area contributed by atoms with Crippen LogP contribution in [0.25, 0.3) is 5.76 Å². The van der Waals surface area contributed by atoms with Crippen LogP contribution in [0.5, 0.6) is 0 Å². The molecule has 0 saturated heterocycles. The topological polar surface area (TPSA) is 105 Å². The van der Waals surface area contributed by atoms with E-state index in [0.29, 0.717) is 16.7 Å². The third-order valence-electron chi connectivity index (χ3n) is 5.17. The molecule has 27 heavy (non-hydrogen) atoms. The molecule has 2 aliphatic heterocycles. The maximum atomic E-state index is 13.7. The van der Waals surface area contributed by atoms with E-state index in [0.717, 1.165) is 6.07 Å². The standard InChI is InChI=1S/C20H10FN3O3/c21-9-5-6-12-14(7-9)24-19(26)20(12)13(8-22)18(23)27-17-11-4-2-1-3-10(11)16(25)15(17)20/h1-7H,23H2,(H,24,26). The maximum Gasteiger partial charge on any atom is 0.245 e. The van der Waals surface area contributed by atoms with Gasteiger partial charge in [-0.2, -0.15) is 5.26 Å². The van der Waals surface area contributed by atoms with Crippen LogP contribution in [-0.4, -0.2) is 11.7 Å². The molecule has 5 rings (SSSR count). The number of nitrogens with zero attached hydrogens (tertiary/aromatic N) is 1. The number of hydrogen-bond donors (Lipinski definition) is 2. The minimum Gasteiger partial charge on any atom is -0.439 e. The quantitative estimate of drug-likeness (QED) is 0.751. The molecule has 0 fully saturated rings. The summed E-state index contributed by atoms with van der Waals surface area (Å²) in [5, 5.41) is 12.3. The molecule has 0 radical (unpaired) electrons. The van der Waals surface area contributed by atoms with Crippen molar-refractivity contribution in [2.45, 2.75) is 5.41 Å². The summed E-state index contributed by atoms with van der Waals surface area (Å²) >= 11 is 0. The average molecular weight is 359 g/mol. The first-order valence-electron chi connectivity index (χ1n) is 8.08. The van der Waals surface area contributed by atoms with Gasteiger partial charge in [0.15, 0.2) is 5.78 Å². The number of nitriles is 1. The molecule has 0 aromatic heterocycles. The van der Waals surface area contributed by atoms with Crippen molar-refractivity contribution >= 4 is 23.1 Å². The van der Waals surface area contributed by atoms with Crippen molar-refractivity contribution in [2.75, 3.05) is 5.32 Å². The molecule has 6 nitrogen and oxygen atoms in total. The Labute approximate surface area is 152 Å². The van der Waals surface area contributed by atoms with E-state index >= 15 is 0 Å². The molecule has 0 saturated carbocycles. The monoisotopic (exact) mass is 359 g/mol. The smallest absolute Gasteiger partial charge is 0.245 e. The molecule has 3 aliphatic rings. The number of nitrogens with one attached hydrogen (secondary N) is 1. The second kappa shape index (κ2) is 4.83. The fourth-order valence-corrected chi connectivity index (χ4v) is 4.09. The van der Waals surface area contributed by atoms with Crippen LogP contribution in [0, 0.1) is 17.1 Å². The molecule has 2 aromatic rings. The van der Waals surface area contributed by atoms with Crippen LogP contribution in [0.4, 0.5) is 10.1 Å². The first kappa shape index (κ1) is 15.3. The molecule has 130 valence electrons. The lowest BCUT2D eigenvalue weighted by atomic mass is 9.67. The van der Waals surface area contributed by atoms with E-state index < -0.39 is 22.9 Å². The van der Waals surface area contributed by atoms with Crippen LogP contribution in [0.1, 0.15) is 21.5 Å². The first-order valence-corrected chi connectivity index (χ1v) is 8.08. The minimum atomic E-state index is -1.77. The van der Waals surface area contributed by atoms with Gasteiger partial charge in [0.1, 0.15) is 28.6 Å². The molecule has 1 aliphatic carbocycles. The van der Waals surface area contributed by atoms with Crippen molar-refractivity contribution in [1.82, 2.24) is 0 Å². The van der Waals surface area contributed by atoms with E-state index in [2.05, 4.69) is 5.32 Å². The molecule has 1 atom stereocenters. The van der Waals surface area contributed by atoms with Crippen LogP contribution >= 0.6 is 0 Å². The SMILES string of the molecule is N#CC1=C(N)OC2=C(C(=O)c3ccccc32)C12C(=O)Nc1cc(F)ccc12. The van der Waals surface area contributed by atoms with Crippen LogP contribution in [0.2, 0.25) is 0 Å². The van der Waals surface area contributed by atoms with Crippen molar-refractivity contribution in [3.05, 3.63) is 82.0 Å². The fourth-order valence-electron chi connectivity index (χ4n) is 4.09. The second-order valence-corrected chi connectivity index (χ2v) is 6.43. The van der Waals surface area contributed by atoms with Crippen molar-refractivity contribution in [3.8, 4) is 6.07 Å². The predicted molar refractivity (Wildman–Crippen MR) is 92.3 cm³/mol. The van der Waals surface area contributed by atoms with Gasteiger partial charge < -0.3 is 15.8 Å². The number of carbonyl (C=O) groups excluding carboxylic acids is 2. The minimum absolute atomic E-state index is 0.0253. The summed E-state index contributed by atoms with van der Waals surface area (Å²) in [4.78, 5) is 26.4. The highest BCUT2D eigenvalue weighted by Crippen LogP contribution is 2.56. The number of hydrogen-bond acceptors (Lipinski definition) is 5. The van der Waals surface area contributed by atoms with E-state index in [1.54, 1.807) is 24.3 Å². The zero-order chi connectivity index (χ0) is 18.9. The van der Waals surface area contributed by atoms with Crippen molar-refractivity contribution in [3.63, 3.8) is 0 Å². The third kappa shape index (κ3) is 1.62. The van der Waals surface area contributed by atoms with Crippen LogP contribution in [-0.2, 0) is 14.9 Å². The predicted octanol–water partition coefficient (Wildman–Crippen LogP) is 2.35. The van der Waals surface area contributed by atoms with Crippen molar-refractivity contribution < 1.29 is 18.7 Å². The Morgan fingerprint density at radius 2 is 1.89 bits per heavy atom. The largest absolute Gasteiger partial charge is 0.439 e. The zero-order valence-corrected chi connectivity index (χ0v) is 13.7. The molecule has 0 bridgehead atoms. The molecule has 2 heterocycles. The Balaban J connectivity index is 1.91. The highest BCUT2D eigenvalue weighted by molar-refractivity contribution is 6.28. The number of benzene rings is 2. The van der Waals surface area contributed by atoms with Gasteiger partial charge in [0.05, 0.1) is 5.57 Å². The summed E-state index contributed by atoms with van der Waals surface area (Å²) < 4.78 is 19.3. The first-order chi connectivity index (χ1) is 13.0. The lowest BCUT2D eigenvalue weighted by Gasteiger charge is -2.32. The van der Waals surface area contributed by atoms with Crippen molar-refractivity contribution in [1.29, 1.82) is 5.26 Å². The highest BCUT2D eigenvalue weighted by Gasteiger charge is 2.61. The Hall–Kier alpha value is -3.92. The average Bonchev–Trinajstić information content (AvgIpc) is 3.08. The normalized spacial score (nSPS) is 22.2. The van der Waals surface area contributed by atoms with Gasteiger partial charge in [-0.15, -0.1) is 0 Å². The zero-order valence-electron chi connectivity index (χ0n) is 13.7. The molecule has 1 unspecified atom stereocenters. The van der Waals surface area contributed by atoms with Gasteiger partial charge in [-0.25, -0.2) is 4.39 Å². The Morgan fingerprint density at radius 1 is 1.15 bits per heavy atom. The summed E-state index contributed by atoms with van der Waals surface area (Å²) in [6.45, 7) is 0. The molecule has 1 amide bonds. The Bertz CT molecular complexity index is 1210. The van der Waals surface area contributed by atoms with Gasteiger partial charge in [-0.3, -0.25) is 9.59 Å². The van der Waals surface area contributed by atoms with E-state index in [1.807, 2.05) is 6.07 Å². The van der Waals surface area contributed by atoms with E-state index in [-0.39, 0.29) is 28.5 Å². The Morgan fingerprint density at radius 3 is 2.63 bits per heavy atom. The number of anilines is 1. The maximum absolute atomic E-state index is 13.7.